The van der Waals surface area contributed by atoms with E-state index in [-0.39, 0.29) is 0 Å². The maximum absolute atomic E-state index is 4.64. The normalized spacial score (nSPS) is 23.7. The van der Waals surface area contributed by atoms with E-state index < -0.39 is 0 Å². The van der Waals surface area contributed by atoms with Gasteiger partial charge in [0, 0.05) is 19.6 Å². The number of hydrazone groups is 2. The summed E-state index contributed by atoms with van der Waals surface area (Å²) < 4.78 is 0. The van der Waals surface area contributed by atoms with Crippen molar-refractivity contribution in [2.45, 2.75) is 19.8 Å². The van der Waals surface area contributed by atoms with Crippen molar-refractivity contribution in [3.63, 3.8) is 0 Å². The van der Waals surface area contributed by atoms with Crippen LogP contribution in [0.25, 0.3) is 0 Å². The van der Waals surface area contributed by atoms with E-state index in [0.717, 1.165) is 38.0 Å². The molecule has 3 rings (SSSR count). The zero-order valence-electron chi connectivity index (χ0n) is 9.63. The van der Waals surface area contributed by atoms with Gasteiger partial charge < -0.3 is 4.90 Å². The van der Waals surface area contributed by atoms with E-state index in [9.17, 15) is 0 Å². The molecule has 0 spiro atoms. The third-order valence-electron chi connectivity index (χ3n) is 3.21. The molecule has 5 heteroatoms. The second-order valence-corrected chi connectivity index (χ2v) is 4.31. The van der Waals surface area contributed by atoms with Crippen molar-refractivity contribution in [1.82, 2.24) is 14.9 Å². The average molecular weight is 219 g/mol. The molecule has 16 heavy (non-hydrogen) atoms. The third-order valence-corrected chi connectivity index (χ3v) is 3.21. The molecule has 0 aliphatic carbocycles. The molecule has 1 saturated heterocycles. The summed E-state index contributed by atoms with van der Waals surface area (Å²) in [4.78, 5) is 2.35. The van der Waals surface area contributed by atoms with Crippen LogP contribution >= 0.6 is 0 Å². The molecule has 1 fully saturated rings. The summed E-state index contributed by atoms with van der Waals surface area (Å²) in [5.41, 5.74) is 0. The molecule has 0 saturated carbocycles. The van der Waals surface area contributed by atoms with Crippen LogP contribution < -0.4 is 0 Å². The minimum atomic E-state index is 0.785. The van der Waals surface area contributed by atoms with E-state index in [4.69, 9.17) is 0 Å². The van der Waals surface area contributed by atoms with Gasteiger partial charge in [-0.2, -0.15) is 10.2 Å². The molecule has 0 aromatic heterocycles. The lowest BCUT2D eigenvalue weighted by Gasteiger charge is -2.23. The molecule has 3 aliphatic heterocycles. The predicted molar refractivity (Wildman–Crippen MR) is 63.9 cm³/mol. The van der Waals surface area contributed by atoms with Crippen molar-refractivity contribution in [1.29, 1.82) is 0 Å². The largest absolute Gasteiger partial charge is 0.355 e. The summed E-state index contributed by atoms with van der Waals surface area (Å²) in [7, 11) is 0. The van der Waals surface area contributed by atoms with E-state index in [1.165, 1.54) is 12.8 Å². The zero-order valence-corrected chi connectivity index (χ0v) is 9.63. The van der Waals surface area contributed by atoms with Gasteiger partial charge in [0.1, 0.15) is 12.5 Å². The topological polar surface area (TPSA) is 34.4 Å². The first kappa shape index (κ1) is 9.69. The lowest BCUT2D eigenvalue weighted by molar-refractivity contribution is 0.247. The summed E-state index contributed by atoms with van der Waals surface area (Å²) in [6, 6.07) is 0. The number of amidine groups is 2. The quantitative estimate of drug-likeness (QED) is 0.656. The van der Waals surface area contributed by atoms with Crippen LogP contribution in [0.15, 0.2) is 22.4 Å². The Morgan fingerprint density at radius 2 is 1.88 bits per heavy atom. The van der Waals surface area contributed by atoms with Gasteiger partial charge in [0.2, 0.25) is 0 Å². The molecule has 0 bridgehead atoms. The monoisotopic (exact) mass is 219 g/mol. The number of fused-ring (bicyclic) bond motifs is 1. The highest BCUT2D eigenvalue weighted by molar-refractivity contribution is 6.05. The van der Waals surface area contributed by atoms with Gasteiger partial charge in [-0.05, 0) is 31.9 Å². The van der Waals surface area contributed by atoms with Crippen LogP contribution in [0.1, 0.15) is 19.8 Å². The summed E-state index contributed by atoms with van der Waals surface area (Å²) in [6.07, 6.45) is 6.72. The summed E-state index contributed by atoms with van der Waals surface area (Å²) in [5.74, 6) is 2.05. The molecular weight excluding hydrogens is 202 g/mol. The standard InChI is InChI=1S/C11H17N5/c1-2-15-9-16-11(12-15)6-5-10(13-16)14-7-3-4-8-14/h5-6H,2-4,7-9H2,1H3. The predicted octanol–water partition coefficient (Wildman–Crippen LogP) is 0.874. The van der Waals surface area contributed by atoms with Crippen LogP contribution in [0.3, 0.4) is 0 Å². The lowest BCUT2D eigenvalue weighted by Crippen LogP contribution is -2.35. The SMILES string of the molecule is CCN1CN2N=C(N3CCCC3)C=CC2=N1. The van der Waals surface area contributed by atoms with Crippen molar-refractivity contribution < 1.29 is 0 Å². The Morgan fingerprint density at radius 1 is 1.12 bits per heavy atom. The Morgan fingerprint density at radius 3 is 2.62 bits per heavy atom. The van der Waals surface area contributed by atoms with Crippen LogP contribution in [0, 0.1) is 0 Å². The second-order valence-electron chi connectivity index (χ2n) is 4.31. The Hall–Kier alpha value is -1.52. The highest BCUT2D eigenvalue weighted by Gasteiger charge is 2.25. The molecule has 0 unspecified atom stereocenters. The van der Waals surface area contributed by atoms with Crippen LogP contribution in [0.2, 0.25) is 0 Å². The molecule has 3 heterocycles. The first-order chi connectivity index (χ1) is 7.86. The molecule has 0 N–H and O–H groups in total. The molecule has 0 atom stereocenters. The molecule has 86 valence electrons. The average Bonchev–Trinajstić information content (AvgIpc) is 2.96. The van der Waals surface area contributed by atoms with Gasteiger partial charge in [-0.1, -0.05) is 0 Å². The molecule has 0 radical (unpaired) electrons. The number of rotatable bonds is 1. The second kappa shape index (κ2) is 3.81. The maximum Gasteiger partial charge on any atom is 0.170 e. The van der Waals surface area contributed by atoms with Crippen molar-refractivity contribution in [3.8, 4) is 0 Å². The number of nitrogens with zero attached hydrogens (tertiary/aromatic N) is 5. The maximum atomic E-state index is 4.64. The van der Waals surface area contributed by atoms with Gasteiger partial charge in [-0.3, -0.25) is 5.01 Å². The fourth-order valence-electron chi connectivity index (χ4n) is 2.25. The fourth-order valence-corrected chi connectivity index (χ4v) is 2.25. The van der Waals surface area contributed by atoms with Gasteiger partial charge in [-0.15, -0.1) is 0 Å². The molecule has 0 aromatic carbocycles. The summed E-state index contributed by atoms with van der Waals surface area (Å²) >= 11 is 0. The van der Waals surface area contributed by atoms with Crippen LogP contribution in [0.4, 0.5) is 0 Å². The van der Waals surface area contributed by atoms with E-state index in [1.807, 2.05) is 10.0 Å². The fraction of sp³-hybridized carbons (Fsp3) is 0.636. The number of hydrogen-bond acceptors (Lipinski definition) is 5. The Labute approximate surface area is 95.7 Å². The minimum Gasteiger partial charge on any atom is -0.355 e. The van der Waals surface area contributed by atoms with Gasteiger partial charge in [-0.25, -0.2) is 5.01 Å². The van der Waals surface area contributed by atoms with Gasteiger partial charge in [0.15, 0.2) is 5.84 Å². The van der Waals surface area contributed by atoms with Crippen LogP contribution in [0.5, 0.6) is 0 Å². The number of likely N-dealkylation sites (tertiary alicyclic amines) is 1. The van der Waals surface area contributed by atoms with E-state index in [1.54, 1.807) is 0 Å². The molecule has 3 aliphatic rings. The lowest BCUT2D eigenvalue weighted by atomic mass is 10.3. The van der Waals surface area contributed by atoms with E-state index >= 15 is 0 Å². The first-order valence-electron chi connectivity index (χ1n) is 5.99. The van der Waals surface area contributed by atoms with E-state index in [0.29, 0.717) is 0 Å². The molecular formula is C11H17N5. The van der Waals surface area contributed by atoms with Gasteiger partial charge in [0.05, 0.1) is 0 Å². The number of hydrogen-bond donors (Lipinski definition) is 0. The zero-order chi connectivity index (χ0) is 11.0. The summed E-state index contributed by atoms with van der Waals surface area (Å²) in [5, 5.41) is 13.1. The highest BCUT2D eigenvalue weighted by Crippen LogP contribution is 2.16. The third kappa shape index (κ3) is 1.56. The van der Waals surface area contributed by atoms with E-state index in [2.05, 4.69) is 34.2 Å². The Bertz CT molecular complexity index is 365. The minimum absolute atomic E-state index is 0.785. The molecule has 5 nitrogen and oxygen atoms in total. The molecule has 0 aromatic rings. The van der Waals surface area contributed by atoms with Crippen molar-refractivity contribution in [3.05, 3.63) is 12.2 Å². The highest BCUT2D eigenvalue weighted by atomic mass is 15.7. The first-order valence-corrected chi connectivity index (χ1v) is 5.99. The van der Waals surface area contributed by atoms with Crippen molar-refractivity contribution >= 4 is 11.7 Å². The Kier molecular flexibility index (Phi) is 2.31. The Balaban J connectivity index is 1.77. The summed E-state index contributed by atoms with van der Waals surface area (Å²) in [6.45, 7) is 6.11. The van der Waals surface area contributed by atoms with Crippen molar-refractivity contribution in [2.75, 3.05) is 26.3 Å². The van der Waals surface area contributed by atoms with Crippen molar-refractivity contribution in [2.24, 2.45) is 10.2 Å². The van der Waals surface area contributed by atoms with Gasteiger partial charge >= 0.3 is 0 Å². The van der Waals surface area contributed by atoms with Gasteiger partial charge in [0.25, 0.3) is 0 Å². The van der Waals surface area contributed by atoms with Crippen LogP contribution in [-0.2, 0) is 0 Å². The van der Waals surface area contributed by atoms with Crippen LogP contribution in [-0.4, -0.2) is 52.9 Å². The smallest absolute Gasteiger partial charge is 0.170 e. The molecule has 0 amide bonds.